The first kappa shape index (κ1) is 20.0. The number of aryl methyl sites for hydroxylation is 1. The molecule has 6 heteroatoms. The second-order valence-electron chi connectivity index (χ2n) is 7.55. The van der Waals surface area contributed by atoms with E-state index in [1.165, 1.54) is 0 Å². The van der Waals surface area contributed by atoms with Crippen LogP contribution in [0.15, 0.2) is 71.1 Å². The van der Waals surface area contributed by atoms with Gasteiger partial charge in [-0.05, 0) is 68.8 Å². The van der Waals surface area contributed by atoms with E-state index in [4.69, 9.17) is 20.8 Å². The third kappa shape index (κ3) is 4.16. The van der Waals surface area contributed by atoms with E-state index in [-0.39, 0.29) is 5.91 Å². The lowest BCUT2D eigenvalue weighted by Gasteiger charge is -2.25. The van der Waals surface area contributed by atoms with Crippen molar-refractivity contribution >= 4 is 34.3 Å². The maximum Gasteiger partial charge on any atom is 0.267 e. The molecule has 1 amide bonds. The van der Waals surface area contributed by atoms with Crippen molar-refractivity contribution in [1.82, 2.24) is 4.98 Å². The molecule has 5 nitrogen and oxygen atoms in total. The molecule has 0 radical (unpaired) electrons. The zero-order valence-electron chi connectivity index (χ0n) is 16.9. The van der Waals surface area contributed by atoms with Gasteiger partial charge in [0.25, 0.3) is 5.91 Å². The largest absolute Gasteiger partial charge is 0.478 e. The molecule has 3 aromatic carbocycles. The highest BCUT2D eigenvalue weighted by Crippen LogP contribution is 2.29. The number of nitrogens with one attached hydrogen (secondary N) is 1. The van der Waals surface area contributed by atoms with Crippen molar-refractivity contribution in [2.75, 3.05) is 5.32 Å². The van der Waals surface area contributed by atoms with Crippen molar-refractivity contribution in [2.24, 2.45) is 0 Å². The van der Waals surface area contributed by atoms with Crippen LogP contribution in [0.4, 0.5) is 5.69 Å². The van der Waals surface area contributed by atoms with E-state index < -0.39 is 5.60 Å². The van der Waals surface area contributed by atoms with Crippen LogP contribution in [-0.2, 0) is 4.79 Å². The van der Waals surface area contributed by atoms with E-state index in [1.807, 2.05) is 55.5 Å². The van der Waals surface area contributed by atoms with Crippen molar-refractivity contribution in [3.8, 4) is 17.2 Å². The first-order valence-electron chi connectivity index (χ1n) is 9.54. The molecule has 0 saturated heterocycles. The van der Waals surface area contributed by atoms with Crippen LogP contribution in [0.5, 0.6) is 5.75 Å². The van der Waals surface area contributed by atoms with Crippen LogP contribution in [0.3, 0.4) is 0 Å². The zero-order chi connectivity index (χ0) is 21.3. The van der Waals surface area contributed by atoms with E-state index in [2.05, 4.69) is 10.3 Å². The van der Waals surface area contributed by atoms with Gasteiger partial charge in [-0.2, -0.15) is 0 Å². The Kier molecular flexibility index (Phi) is 5.22. The molecule has 4 aromatic rings. The standard InChI is InChI=1S/C24H21ClN2O3/c1-15-9-10-16(13-19(15)25)22-27-20-14-17(11-12-21(20)29-22)26-23(28)24(2,3)30-18-7-5-4-6-8-18/h4-14H,1-3H3,(H,26,28). The number of anilines is 1. The Balaban J connectivity index is 1.54. The number of carbonyl (C=O) groups is 1. The lowest BCUT2D eigenvalue weighted by Crippen LogP contribution is -2.42. The van der Waals surface area contributed by atoms with Gasteiger partial charge in [-0.25, -0.2) is 4.98 Å². The summed E-state index contributed by atoms with van der Waals surface area (Å²) in [4.78, 5) is 17.3. The first-order chi connectivity index (χ1) is 14.3. The van der Waals surface area contributed by atoms with Gasteiger partial charge in [-0.15, -0.1) is 0 Å². The summed E-state index contributed by atoms with van der Waals surface area (Å²) in [5.41, 5.74) is 2.61. The Hall–Kier alpha value is -3.31. The smallest absolute Gasteiger partial charge is 0.267 e. The average molecular weight is 421 g/mol. The van der Waals surface area contributed by atoms with Gasteiger partial charge in [0.15, 0.2) is 11.2 Å². The molecule has 30 heavy (non-hydrogen) atoms. The van der Waals surface area contributed by atoms with E-state index in [0.717, 1.165) is 11.1 Å². The Labute approximate surface area is 179 Å². The molecule has 0 atom stereocenters. The van der Waals surface area contributed by atoms with Gasteiger partial charge in [0, 0.05) is 16.3 Å². The van der Waals surface area contributed by atoms with Gasteiger partial charge in [0.05, 0.1) is 0 Å². The number of halogens is 1. The van der Waals surface area contributed by atoms with Gasteiger partial charge in [-0.3, -0.25) is 4.79 Å². The van der Waals surface area contributed by atoms with Crippen molar-refractivity contribution in [3.05, 3.63) is 77.3 Å². The average Bonchev–Trinajstić information content (AvgIpc) is 3.14. The molecule has 0 aliphatic carbocycles. The molecule has 0 fully saturated rings. The number of aromatic nitrogens is 1. The van der Waals surface area contributed by atoms with Gasteiger partial charge >= 0.3 is 0 Å². The van der Waals surface area contributed by atoms with Crippen LogP contribution in [-0.4, -0.2) is 16.5 Å². The summed E-state index contributed by atoms with van der Waals surface area (Å²) in [6.45, 7) is 5.39. The maximum atomic E-state index is 12.8. The SMILES string of the molecule is Cc1ccc(-c2nc3cc(NC(=O)C(C)(C)Oc4ccccc4)ccc3o2)cc1Cl. The third-order valence-electron chi connectivity index (χ3n) is 4.73. The normalized spacial score (nSPS) is 11.5. The molecule has 1 aromatic heterocycles. The van der Waals surface area contributed by atoms with Crippen molar-refractivity contribution in [3.63, 3.8) is 0 Å². The summed E-state index contributed by atoms with van der Waals surface area (Å²) in [5.74, 6) is 0.842. The van der Waals surface area contributed by atoms with Crippen molar-refractivity contribution in [2.45, 2.75) is 26.4 Å². The minimum atomic E-state index is -1.05. The van der Waals surface area contributed by atoms with Crippen LogP contribution >= 0.6 is 11.6 Å². The molecule has 0 saturated carbocycles. The summed E-state index contributed by atoms with van der Waals surface area (Å²) in [7, 11) is 0. The molecule has 0 spiro atoms. The molecule has 152 valence electrons. The Morgan fingerprint density at radius 1 is 1.07 bits per heavy atom. The van der Waals surface area contributed by atoms with E-state index in [9.17, 15) is 4.79 Å². The highest BCUT2D eigenvalue weighted by molar-refractivity contribution is 6.31. The second kappa shape index (κ2) is 7.84. The molecule has 0 bridgehead atoms. The van der Waals surface area contributed by atoms with Gasteiger partial charge in [-0.1, -0.05) is 35.9 Å². The molecule has 0 aliphatic heterocycles. The Morgan fingerprint density at radius 3 is 2.57 bits per heavy atom. The fourth-order valence-corrected chi connectivity index (χ4v) is 3.15. The van der Waals surface area contributed by atoms with Crippen molar-refractivity contribution in [1.29, 1.82) is 0 Å². The van der Waals surface area contributed by atoms with Crippen LogP contribution in [0.25, 0.3) is 22.6 Å². The highest BCUT2D eigenvalue weighted by atomic mass is 35.5. The van der Waals surface area contributed by atoms with E-state index in [0.29, 0.717) is 33.4 Å². The summed E-state index contributed by atoms with van der Waals surface area (Å²) >= 11 is 6.22. The number of benzene rings is 3. The zero-order valence-corrected chi connectivity index (χ0v) is 17.7. The second-order valence-corrected chi connectivity index (χ2v) is 7.95. The number of oxazole rings is 1. The molecular formula is C24H21ClN2O3. The minimum absolute atomic E-state index is 0.264. The monoisotopic (exact) mass is 420 g/mol. The van der Waals surface area contributed by atoms with Gasteiger partial charge in [0.1, 0.15) is 11.3 Å². The third-order valence-corrected chi connectivity index (χ3v) is 5.13. The topological polar surface area (TPSA) is 64.4 Å². The van der Waals surface area contributed by atoms with Crippen LogP contribution < -0.4 is 10.1 Å². The van der Waals surface area contributed by atoms with Crippen LogP contribution in [0.2, 0.25) is 5.02 Å². The number of amides is 1. The maximum absolute atomic E-state index is 12.8. The van der Waals surface area contributed by atoms with Crippen molar-refractivity contribution < 1.29 is 13.9 Å². The highest BCUT2D eigenvalue weighted by Gasteiger charge is 2.30. The Bertz CT molecular complexity index is 1220. The number of rotatable bonds is 5. The van der Waals surface area contributed by atoms with E-state index >= 15 is 0 Å². The Morgan fingerprint density at radius 2 is 1.83 bits per heavy atom. The number of carbonyl (C=O) groups excluding carboxylic acids is 1. The predicted octanol–water partition coefficient (Wildman–Crippen LogP) is 6.25. The van der Waals surface area contributed by atoms with Crippen LogP contribution in [0, 0.1) is 6.92 Å². The summed E-state index contributed by atoms with van der Waals surface area (Å²) in [5, 5.41) is 3.55. The number of para-hydroxylation sites is 1. The first-order valence-corrected chi connectivity index (χ1v) is 9.92. The predicted molar refractivity (Wildman–Crippen MR) is 119 cm³/mol. The lowest BCUT2D eigenvalue weighted by atomic mass is 10.1. The van der Waals surface area contributed by atoms with E-state index in [1.54, 1.807) is 32.0 Å². The fourth-order valence-electron chi connectivity index (χ4n) is 2.97. The molecular weight excluding hydrogens is 400 g/mol. The number of fused-ring (bicyclic) bond motifs is 1. The molecule has 4 rings (SSSR count). The summed E-state index contributed by atoms with van der Waals surface area (Å²) in [6, 6.07) is 20.2. The molecule has 1 N–H and O–H groups in total. The quantitative estimate of drug-likeness (QED) is 0.414. The minimum Gasteiger partial charge on any atom is -0.478 e. The number of nitrogens with zero attached hydrogens (tertiary/aromatic N) is 1. The van der Waals surface area contributed by atoms with Gasteiger partial charge in [0.2, 0.25) is 5.89 Å². The van der Waals surface area contributed by atoms with Gasteiger partial charge < -0.3 is 14.5 Å². The summed E-state index contributed by atoms with van der Waals surface area (Å²) in [6.07, 6.45) is 0. The van der Waals surface area contributed by atoms with Crippen LogP contribution in [0.1, 0.15) is 19.4 Å². The number of hydrogen-bond donors (Lipinski definition) is 1. The molecule has 0 unspecified atom stereocenters. The molecule has 1 heterocycles. The fraction of sp³-hybridized carbons (Fsp3) is 0.167. The lowest BCUT2D eigenvalue weighted by molar-refractivity contribution is -0.128. The number of hydrogen-bond acceptors (Lipinski definition) is 4. The summed E-state index contributed by atoms with van der Waals surface area (Å²) < 4.78 is 11.7. The molecule has 0 aliphatic rings. The number of ether oxygens (including phenoxy) is 1.